The van der Waals surface area contributed by atoms with Crippen molar-refractivity contribution in [2.75, 3.05) is 26.0 Å². The SMILES string of the molecule is CCO[C@H]1O[C@H](CP(=O)(OCC)OCC)[C@@H]2OC(C)(C)O[C@H]12. The first-order valence-electron chi connectivity index (χ1n) is 7.85. The lowest BCUT2D eigenvalue weighted by Crippen LogP contribution is -2.32. The van der Waals surface area contributed by atoms with Gasteiger partial charge in [0.05, 0.1) is 19.4 Å². The van der Waals surface area contributed by atoms with Gasteiger partial charge in [-0.3, -0.25) is 4.57 Å². The molecule has 0 aliphatic carbocycles. The first-order valence-corrected chi connectivity index (χ1v) is 9.57. The number of hydrogen-bond acceptors (Lipinski definition) is 7. The van der Waals surface area contributed by atoms with Gasteiger partial charge in [-0.15, -0.1) is 0 Å². The summed E-state index contributed by atoms with van der Waals surface area (Å²) in [6.07, 6.45) is -1.54. The van der Waals surface area contributed by atoms with Crippen LogP contribution in [0.4, 0.5) is 0 Å². The molecule has 0 bridgehead atoms. The van der Waals surface area contributed by atoms with E-state index >= 15 is 0 Å². The minimum Gasteiger partial charge on any atom is -0.350 e. The lowest BCUT2D eigenvalue weighted by Gasteiger charge is -2.26. The maximum Gasteiger partial charge on any atom is 0.333 e. The molecule has 2 aliphatic heterocycles. The third-order valence-corrected chi connectivity index (χ3v) is 5.60. The monoisotopic (exact) mass is 338 g/mol. The molecule has 2 saturated heterocycles. The van der Waals surface area contributed by atoms with E-state index in [9.17, 15) is 4.57 Å². The number of ether oxygens (including phenoxy) is 4. The largest absolute Gasteiger partial charge is 0.350 e. The molecule has 7 nitrogen and oxygen atoms in total. The summed E-state index contributed by atoms with van der Waals surface area (Å²) in [4.78, 5) is 0. The van der Waals surface area contributed by atoms with Crippen molar-refractivity contribution >= 4 is 7.60 Å². The highest BCUT2D eigenvalue weighted by Crippen LogP contribution is 2.52. The van der Waals surface area contributed by atoms with E-state index in [-0.39, 0.29) is 18.4 Å². The van der Waals surface area contributed by atoms with E-state index in [1.165, 1.54) is 0 Å². The fraction of sp³-hybridized carbons (Fsp3) is 1.00. The van der Waals surface area contributed by atoms with Gasteiger partial charge >= 0.3 is 7.60 Å². The minimum atomic E-state index is -3.22. The second-order valence-electron chi connectivity index (χ2n) is 5.69. The maximum absolute atomic E-state index is 12.7. The molecule has 0 radical (unpaired) electrons. The lowest BCUT2D eigenvalue weighted by atomic mass is 10.1. The Bertz CT molecular complexity index is 404. The van der Waals surface area contributed by atoms with Crippen LogP contribution in [-0.4, -0.2) is 56.4 Å². The Kier molecular flexibility index (Phi) is 6.05. The summed E-state index contributed by atoms with van der Waals surface area (Å²) in [7, 11) is -3.22. The normalized spacial score (nSPS) is 34.0. The molecule has 0 aromatic heterocycles. The molecule has 8 heteroatoms. The van der Waals surface area contributed by atoms with E-state index < -0.39 is 25.8 Å². The molecule has 0 aromatic rings. The third-order valence-electron chi connectivity index (χ3n) is 3.49. The van der Waals surface area contributed by atoms with E-state index in [0.29, 0.717) is 19.8 Å². The van der Waals surface area contributed by atoms with Crippen LogP contribution >= 0.6 is 7.60 Å². The summed E-state index contributed by atoms with van der Waals surface area (Å²) in [6, 6.07) is 0. The van der Waals surface area contributed by atoms with Crippen molar-refractivity contribution in [3.8, 4) is 0 Å². The van der Waals surface area contributed by atoms with Crippen molar-refractivity contribution in [2.45, 2.75) is 65.0 Å². The van der Waals surface area contributed by atoms with Gasteiger partial charge in [-0.25, -0.2) is 0 Å². The molecule has 2 fully saturated rings. The third kappa shape index (κ3) is 4.09. The number of fused-ring (bicyclic) bond motifs is 1. The number of rotatable bonds is 8. The van der Waals surface area contributed by atoms with Crippen LogP contribution in [0.15, 0.2) is 0 Å². The Morgan fingerprint density at radius 3 is 2.14 bits per heavy atom. The van der Waals surface area contributed by atoms with Crippen LogP contribution < -0.4 is 0 Å². The molecule has 0 amide bonds. The van der Waals surface area contributed by atoms with Gasteiger partial charge in [0.2, 0.25) is 0 Å². The van der Waals surface area contributed by atoms with Crippen molar-refractivity contribution in [3.05, 3.63) is 0 Å². The number of hydrogen-bond donors (Lipinski definition) is 0. The van der Waals surface area contributed by atoms with Gasteiger partial charge in [-0.1, -0.05) is 0 Å². The van der Waals surface area contributed by atoms with Gasteiger partial charge in [0.25, 0.3) is 0 Å². The average molecular weight is 338 g/mol. The van der Waals surface area contributed by atoms with Crippen molar-refractivity contribution < 1.29 is 32.6 Å². The van der Waals surface area contributed by atoms with E-state index in [1.807, 2.05) is 20.8 Å². The van der Waals surface area contributed by atoms with Crippen LogP contribution in [0.3, 0.4) is 0 Å². The lowest BCUT2D eigenvalue weighted by molar-refractivity contribution is -0.230. The summed E-state index contributed by atoms with van der Waals surface area (Å²) in [5, 5.41) is 0. The van der Waals surface area contributed by atoms with E-state index in [0.717, 1.165) is 0 Å². The topological polar surface area (TPSA) is 72.5 Å². The predicted molar refractivity (Wildman–Crippen MR) is 79.8 cm³/mol. The zero-order valence-electron chi connectivity index (χ0n) is 13.9. The highest BCUT2D eigenvalue weighted by molar-refractivity contribution is 7.53. The maximum atomic E-state index is 12.7. The van der Waals surface area contributed by atoms with Crippen LogP contribution in [0, 0.1) is 0 Å². The van der Waals surface area contributed by atoms with Crippen LogP contribution in [0.5, 0.6) is 0 Å². The smallest absolute Gasteiger partial charge is 0.333 e. The van der Waals surface area contributed by atoms with E-state index in [2.05, 4.69) is 0 Å². The Balaban J connectivity index is 2.11. The van der Waals surface area contributed by atoms with E-state index in [4.69, 9.17) is 28.0 Å². The first-order chi connectivity index (χ1) is 10.3. The van der Waals surface area contributed by atoms with Crippen molar-refractivity contribution in [3.63, 3.8) is 0 Å². The van der Waals surface area contributed by atoms with Gasteiger partial charge in [0.15, 0.2) is 12.1 Å². The summed E-state index contributed by atoms with van der Waals surface area (Å²) in [5.41, 5.74) is 0. The molecular formula is C14H27O7P. The predicted octanol–water partition coefficient (Wildman–Crippen LogP) is 2.53. The molecule has 0 spiro atoms. The standard InChI is InChI=1S/C14H27O7P/c1-6-16-13-12-11(20-14(4,5)21-12)10(19-13)9-22(15,17-7-2)18-8-3/h10-13H,6-9H2,1-5H3/t10-,11+,12+,13+/m1/s1. The first kappa shape index (κ1) is 18.3. The molecule has 4 atom stereocenters. The second kappa shape index (κ2) is 7.26. The Morgan fingerprint density at radius 2 is 1.59 bits per heavy atom. The van der Waals surface area contributed by atoms with Crippen LogP contribution in [0.2, 0.25) is 0 Å². The molecule has 2 aliphatic rings. The van der Waals surface area contributed by atoms with Gasteiger partial charge < -0.3 is 28.0 Å². The fourth-order valence-corrected chi connectivity index (χ4v) is 4.65. The quantitative estimate of drug-likeness (QED) is 0.630. The molecule has 0 unspecified atom stereocenters. The zero-order valence-corrected chi connectivity index (χ0v) is 14.8. The average Bonchev–Trinajstić information content (AvgIpc) is 2.86. The van der Waals surface area contributed by atoms with Crippen LogP contribution in [-0.2, 0) is 32.6 Å². The Labute approximate surface area is 132 Å². The summed E-state index contributed by atoms with van der Waals surface area (Å²) in [5.74, 6) is -0.714. The van der Waals surface area contributed by atoms with E-state index in [1.54, 1.807) is 13.8 Å². The summed E-state index contributed by atoms with van der Waals surface area (Å²) < 4.78 is 46.6. The summed E-state index contributed by atoms with van der Waals surface area (Å²) >= 11 is 0. The molecule has 2 heterocycles. The van der Waals surface area contributed by atoms with Crippen LogP contribution in [0.1, 0.15) is 34.6 Å². The molecule has 0 N–H and O–H groups in total. The Morgan fingerprint density at radius 1 is 1.00 bits per heavy atom. The molecule has 0 saturated carbocycles. The molecule has 2 rings (SSSR count). The van der Waals surface area contributed by atoms with Gasteiger partial charge in [-0.2, -0.15) is 0 Å². The molecule has 130 valence electrons. The molecular weight excluding hydrogens is 311 g/mol. The minimum absolute atomic E-state index is 0.124. The van der Waals surface area contributed by atoms with Gasteiger partial charge in [0.1, 0.15) is 18.3 Å². The van der Waals surface area contributed by atoms with Crippen molar-refractivity contribution in [2.24, 2.45) is 0 Å². The van der Waals surface area contributed by atoms with Gasteiger partial charge in [0, 0.05) is 6.61 Å². The fourth-order valence-electron chi connectivity index (χ4n) is 2.84. The van der Waals surface area contributed by atoms with Crippen molar-refractivity contribution in [1.29, 1.82) is 0 Å². The Hall–Kier alpha value is -0.0100. The highest BCUT2D eigenvalue weighted by atomic mass is 31.2. The van der Waals surface area contributed by atoms with Crippen LogP contribution in [0.25, 0.3) is 0 Å². The summed E-state index contributed by atoms with van der Waals surface area (Å²) in [6.45, 7) is 10.3. The highest BCUT2D eigenvalue weighted by Gasteiger charge is 2.57. The zero-order chi connectivity index (χ0) is 16.4. The second-order valence-corrected chi connectivity index (χ2v) is 7.80. The van der Waals surface area contributed by atoms with Gasteiger partial charge in [-0.05, 0) is 34.6 Å². The molecule has 22 heavy (non-hydrogen) atoms. The van der Waals surface area contributed by atoms with Crippen molar-refractivity contribution in [1.82, 2.24) is 0 Å². The molecule has 0 aromatic carbocycles.